The molecule has 1 unspecified atom stereocenters. The van der Waals surface area contributed by atoms with Crippen molar-refractivity contribution in [1.82, 2.24) is 0 Å². The Balaban J connectivity index is 2.96. The summed E-state index contributed by atoms with van der Waals surface area (Å²) >= 11 is 0. The molecule has 6 heteroatoms. The van der Waals surface area contributed by atoms with Gasteiger partial charge in [-0.3, -0.25) is 0 Å². The molecule has 4 nitrogen and oxygen atoms in total. The van der Waals surface area contributed by atoms with Crippen molar-refractivity contribution in [1.29, 1.82) is 0 Å². The molecule has 0 aromatic heterocycles. The van der Waals surface area contributed by atoms with Crippen LogP contribution in [-0.2, 0) is 19.4 Å². The molecule has 1 aromatic rings. The van der Waals surface area contributed by atoms with Gasteiger partial charge in [-0.15, -0.1) is 0 Å². The maximum absolute atomic E-state index is 12.7. The van der Waals surface area contributed by atoms with Crippen LogP contribution in [0.4, 0.5) is 4.39 Å². The molecule has 1 atom stereocenters. The first-order valence-electron chi connectivity index (χ1n) is 5.11. The van der Waals surface area contributed by atoms with Crippen molar-refractivity contribution in [2.24, 2.45) is 0 Å². The standard InChI is InChI=1S/C12H13FO4S/c1-8(2)12(14)17-9(3)18(15,16)11-6-4-10(13)5-7-11/h4-7,9H,1H2,2-3H3. The Hall–Kier alpha value is -1.69. The fourth-order valence-electron chi connectivity index (χ4n) is 1.13. The van der Waals surface area contributed by atoms with Gasteiger partial charge in [0, 0.05) is 5.57 Å². The zero-order valence-electron chi connectivity index (χ0n) is 10.0. The molecule has 0 radical (unpaired) electrons. The summed E-state index contributed by atoms with van der Waals surface area (Å²) in [7, 11) is -3.84. The van der Waals surface area contributed by atoms with Crippen molar-refractivity contribution < 1.29 is 22.3 Å². The number of benzene rings is 1. The molecule has 0 aliphatic rings. The van der Waals surface area contributed by atoms with Crippen LogP contribution < -0.4 is 0 Å². The minimum absolute atomic E-state index is 0.106. The van der Waals surface area contributed by atoms with Crippen molar-refractivity contribution in [3.8, 4) is 0 Å². The average molecular weight is 272 g/mol. The quantitative estimate of drug-likeness (QED) is 0.478. The predicted molar refractivity (Wildman–Crippen MR) is 64.0 cm³/mol. The van der Waals surface area contributed by atoms with Gasteiger partial charge in [0.15, 0.2) is 0 Å². The van der Waals surface area contributed by atoms with Gasteiger partial charge < -0.3 is 4.74 Å². The Kier molecular flexibility index (Phi) is 4.24. The van der Waals surface area contributed by atoms with Gasteiger partial charge in [0.25, 0.3) is 0 Å². The molecular formula is C12H13FO4S. The number of hydrogen-bond acceptors (Lipinski definition) is 4. The van der Waals surface area contributed by atoms with E-state index in [1.807, 2.05) is 0 Å². The molecule has 0 aliphatic carbocycles. The third-order valence-corrected chi connectivity index (χ3v) is 4.10. The minimum atomic E-state index is -3.84. The number of hydrogen-bond donors (Lipinski definition) is 0. The predicted octanol–water partition coefficient (Wildman–Crippen LogP) is 2.06. The summed E-state index contributed by atoms with van der Waals surface area (Å²) in [6.45, 7) is 6.01. The molecule has 98 valence electrons. The van der Waals surface area contributed by atoms with Crippen LogP contribution in [0.2, 0.25) is 0 Å². The van der Waals surface area contributed by atoms with Gasteiger partial charge in [0.05, 0.1) is 4.90 Å². The number of esters is 1. The molecular weight excluding hydrogens is 259 g/mol. The molecule has 0 spiro atoms. The van der Waals surface area contributed by atoms with E-state index in [2.05, 4.69) is 6.58 Å². The summed E-state index contributed by atoms with van der Waals surface area (Å²) in [6, 6.07) is 4.30. The monoisotopic (exact) mass is 272 g/mol. The SMILES string of the molecule is C=C(C)C(=O)OC(C)S(=O)(=O)c1ccc(F)cc1. The highest BCUT2D eigenvalue weighted by atomic mass is 32.2. The number of ether oxygens (including phenoxy) is 1. The van der Waals surface area contributed by atoms with E-state index in [9.17, 15) is 17.6 Å². The summed E-state index contributed by atoms with van der Waals surface area (Å²) in [5.41, 5.74) is -1.25. The van der Waals surface area contributed by atoms with Gasteiger partial charge in [0.1, 0.15) is 5.82 Å². The van der Waals surface area contributed by atoms with E-state index in [0.29, 0.717) is 0 Å². The van der Waals surface area contributed by atoms with Crippen molar-refractivity contribution in [2.45, 2.75) is 24.2 Å². The Morgan fingerprint density at radius 1 is 1.33 bits per heavy atom. The van der Waals surface area contributed by atoms with Crippen molar-refractivity contribution >= 4 is 15.8 Å². The van der Waals surface area contributed by atoms with E-state index >= 15 is 0 Å². The first-order chi connectivity index (χ1) is 8.25. The Morgan fingerprint density at radius 2 is 1.83 bits per heavy atom. The molecule has 0 heterocycles. The van der Waals surface area contributed by atoms with Crippen LogP contribution in [-0.4, -0.2) is 19.8 Å². The lowest BCUT2D eigenvalue weighted by atomic mass is 10.4. The fraction of sp³-hybridized carbons (Fsp3) is 0.250. The normalized spacial score (nSPS) is 12.8. The number of sulfone groups is 1. The van der Waals surface area contributed by atoms with Crippen molar-refractivity contribution in [3.05, 3.63) is 42.2 Å². The Morgan fingerprint density at radius 3 is 2.28 bits per heavy atom. The van der Waals surface area contributed by atoms with Gasteiger partial charge in [-0.05, 0) is 38.1 Å². The molecule has 0 fully saturated rings. The first kappa shape index (κ1) is 14.4. The van der Waals surface area contributed by atoms with E-state index in [4.69, 9.17) is 4.74 Å². The van der Waals surface area contributed by atoms with Gasteiger partial charge in [-0.1, -0.05) is 6.58 Å². The van der Waals surface area contributed by atoms with Crippen LogP contribution in [0.25, 0.3) is 0 Å². The highest BCUT2D eigenvalue weighted by Gasteiger charge is 2.26. The van der Waals surface area contributed by atoms with E-state index in [0.717, 1.165) is 24.3 Å². The topological polar surface area (TPSA) is 60.4 Å². The van der Waals surface area contributed by atoms with E-state index in [1.165, 1.54) is 13.8 Å². The van der Waals surface area contributed by atoms with E-state index in [1.54, 1.807) is 0 Å². The summed E-state index contributed by atoms with van der Waals surface area (Å²) in [5, 5.41) is 0. The maximum atomic E-state index is 12.7. The molecule has 0 amide bonds. The second-order valence-electron chi connectivity index (χ2n) is 3.75. The van der Waals surface area contributed by atoms with Crippen molar-refractivity contribution in [2.75, 3.05) is 0 Å². The van der Waals surface area contributed by atoms with Crippen LogP contribution >= 0.6 is 0 Å². The number of carbonyl (C=O) groups excluding carboxylic acids is 1. The second kappa shape index (κ2) is 5.30. The van der Waals surface area contributed by atoms with Crippen molar-refractivity contribution in [3.63, 3.8) is 0 Å². The van der Waals surface area contributed by atoms with Gasteiger partial charge in [0.2, 0.25) is 15.3 Å². The average Bonchev–Trinajstić information content (AvgIpc) is 2.29. The van der Waals surface area contributed by atoms with Crippen LogP contribution in [0.1, 0.15) is 13.8 Å². The van der Waals surface area contributed by atoms with Crippen LogP contribution in [0.15, 0.2) is 41.3 Å². The number of rotatable bonds is 4. The van der Waals surface area contributed by atoms with Crippen LogP contribution in [0, 0.1) is 5.82 Å². The molecule has 0 bridgehead atoms. The molecule has 0 N–H and O–H groups in total. The lowest BCUT2D eigenvalue weighted by Crippen LogP contribution is -2.24. The van der Waals surface area contributed by atoms with Gasteiger partial charge in [-0.2, -0.15) is 0 Å². The summed E-state index contributed by atoms with van der Waals surface area (Å²) < 4.78 is 41.4. The lowest BCUT2D eigenvalue weighted by Gasteiger charge is -2.14. The molecule has 0 saturated carbocycles. The number of halogens is 1. The number of carbonyl (C=O) groups is 1. The minimum Gasteiger partial charge on any atom is -0.443 e. The molecule has 1 rings (SSSR count). The third kappa shape index (κ3) is 3.16. The molecule has 1 aromatic carbocycles. The smallest absolute Gasteiger partial charge is 0.334 e. The Labute approximate surface area is 105 Å². The second-order valence-corrected chi connectivity index (χ2v) is 5.98. The molecule has 0 aliphatic heterocycles. The molecule has 0 saturated heterocycles. The lowest BCUT2D eigenvalue weighted by molar-refractivity contribution is -0.140. The van der Waals surface area contributed by atoms with E-state index < -0.39 is 27.1 Å². The third-order valence-electron chi connectivity index (χ3n) is 2.20. The van der Waals surface area contributed by atoms with Crippen LogP contribution in [0.3, 0.4) is 0 Å². The highest BCUT2D eigenvalue weighted by molar-refractivity contribution is 7.91. The largest absolute Gasteiger partial charge is 0.443 e. The molecule has 18 heavy (non-hydrogen) atoms. The maximum Gasteiger partial charge on any atom is 0.334 e. The first-order valence-corrected chi connectivity index (χ1v) is 6.65. The fourth-order valence-corrected chi connectivity index (χ4v) is 2.24. The summed E-state index contributed by atoms with van der Waals surface area (Å²) in [5.74, 6) is -1.33. The summed E-state index contributed by atoms with van der Waals surface area (Å²) in [6.07, 6.45) is 0. The highest BCUT2D eigenvalue weighted by Crippen LogP contribution is 2.18. The van der Waals surface area contributed by atoms with Gasteiger partial charge >= 0.3 is 5.97 Å². The summed E-state index contributed by atoms with van der Waals surface area (Å²) in [4.78, 5) is 11.1. The zero-order valence-corrected chi connectivity index (χ0v) is 10.8. The van der Waals surface area contributed by atoms with E-state index in [-0.39, 0.29) is 10.5 Å². The Bertz CT molecular complexity index is 560. The van der Waals surface area contributed by atoms with Gasteiger partial charge in [-0.25, -0.2) is 17.6 Å². The zero-order chi connectivity index (χ0) is 13.9. The van der Waals surface area contributed by atoms with Crippen LogP contribution in [0.5, 0.6) is 0 Å².